The minimum atomic E-state index is -3.91. The second-order valence-electron chi connectivity index (χ2n) is 4.23. The topological polar surface area (TPSA) is 96.6 Å². The Kier molecular flexibility index (Phi) is 4.18. The predicted molar refractivity (Wildman–Crippen MR) is 65.8 cm³/mol. The zero-order valence-electron chi connectivity index (χ0n) is 10.7. The standard InChI is InChI=1S/C11H17NO5S/c1-6-5-10(8(3)17-6)7(2)12-18(15,16)9(4)11(13)14/h5,7,9,12H,1-4H3,(H,13,14). The number of sulfonamides is 1. The molecular weight excluding hydrogens is 258 g/mol. The number of carbonyl (C=O) groups is 1. The first-order chi connectivity index (χ1) is 8.15. The van der Waals surface area contributed by atoms with E-state index in [0.717, 1.165) is 6.92 Å². The van der Waals surface area contributed by atoms with Gasteiger partial charge in [0.15, 0.2) is 5.25 Å². The average molecular weight is 275 g/mol. The van der Waals surface area contributed by atoms with Crippen molar-refractivity contribution in [3.8, 4) is 0 Å². The lowest BCUT2D eigenvalue weighted by Crippen LogP contribution is -2.38. The molecule has 0 spiro atoms. The first-order valence-electron chi connectivity index (χ1n) is 5.46. The van der Waals surface area contributed by atoms with Crippen molar-refractivity contribution in [3.63, 3.8) is 0 Å². The van der Waals surface area contributed by atoms with E-state index in [1.807, 2.05) is 0 Å². The number of hydrogen-bond acceptors (Lipinski definition) is 4. The maximum atomic E-state index is 11.8. The molecule has 18 heavy (non-hydrogen) atoms. The summed E-state index contributed by atoms with van der Waals surface area (Å²) < 4.78 is 31.1. The molecule has 0 aliphatic rings. The Labute approximate surface area is 106 Å². The van der Waals surface area contributed by atoms with Crippen LogP contribution in [0.5, 0.6) is 0 Å². The van der Waals surface area contributed by atoms with Gasteiger partial charge in [-0.15, -0.1) is 0 Å². The minimum Gasteiger partial charge on any atom is -0.480 e. The molecule has 0 aliphatic carbocycles. The highest BCUT2D eigenvalue weighted by Crippen LogP contribution is 2.22. The van der Waals surface area contributed by atoms with E-state index >= 15 is 0 Å². The van der Waals surface area contributed by atoms with Crippen molar-refractivity contribution in [2.24, 2.45) is 0 Å². The monoisotopic (exact) mass is 275 g/mol. The van der Waals surface area contributed by atoms with Crippen LogP contribution in [0.25, 0.3) is 0 Å². The first kappa shape index (κ1) is 14.7. The summed E-state index contributed by atoms with van der Waals surface area (Å²) >= 11 is 0. The molecule has 7 heteroatoms. The molecule has 0 aliphatic heterocycles. The van der Waals surface area contributed by atoms with E-state index in [4.69, 9.17) is 9.52 Å². The van der Waals surface area contributed by atoms with Crippen LogP contribution in [-0.2, 0) is 14.8 Å². The maximum Gasteiger partial charge on any atom is 0.323 e. The summed E-state index contributed by atoms with van der Waals surface area (Å²) in [5, 5.41) is 7.23. The van der Waals surface area contributed by atoms with E-state index in [1.165, 1.54) is 0 Å². The van der Waals surface area contributed by atoms with Gasteiger partial charge in [-0.1, -0.05) is 0 Å². The van der Waals surface area contributed by atoms with Gasteiger partial charge in [-0.3, -0.25) is 4.79 Å². The lowest BCUT2D eigenvalue weighted by Gasteiger charge is -2.15. The number of aryl methyl sites for hydroxylation is 2. The molecule has 0 saturated heterocycles. The van der Waals surface area contributed by atoms with Crippen molar-refractivity contribution in [2.45, 2.75) is 39.0 Å². The number of carboxylic acid groups (broad SMARTS) is 1. The Balaban J connectivity index is 2.92. The molecule has 0 saturated carbocycles. The molecule has 0 fully saturated rings. The summed E-state index contributed by atoms with van der Waals surface area (Å²) in [6.45, 7) is 6.26. The summed E-state index contributed by atoms with van der Waals surface area (Å²) in [6, 6.07) is 1.20. The van der Waals surface area contributed by atoms with Gasteiger partial charge in [-0.25, -0.2) is 13.1 Å². The predicted octanol–water partition coefficient (Wildman–Crippen LogP) is 1.35. The van der Waals surface area contributed by atoms with Gasteiger partial charge < -0.3 is 9.52 Å². The van der Waals surface area contributed by atoms with E-state index in [0.29, 0.717) is 17.1 Å². The summed E-state index contributed by atoms with van der Waals surface area (Å²) in [4.78, 5) is 10.7. The highest BCUT2D eigenvalue weighted by atomic mass is 32.2. The van der Waals surface area contributed by atoms with E-state index in [9.17, 15) is 13.2 Å². The third-order valence-electron chi connectivity index (χ3n) is 2.70. The fourth-order valence-corrected chi connectivity index (χ4v) is 2.71. The second kappa shape index (κ2) is 5.11. The second-order valence-corrected chi connectivity index (χ2v) is 6.27. The molecule has 6 nitrogen and oxygen atoms in total. The maximum absolute atomic E-state index is 11.8. The van der Waals surface area contributed by atoms with Crippen LogP contribution in [-0.4, -0.2) is 24.7 Å². The number of carboxylic acids is 1. The zero-order chi connectivity index (χ0) is 14.1. The van der Waals surface area contributed by atoms with Crippen molar-refractivity contribution in [2.75, 3.05) is 0 Å². The van der Waals surface area contributed by atoms with Gasteiger partial charge in [-0.05, 0) is 33.8 Å². The van der Waals surface area contributed by atoms with Crippen LogP contribution < -0.4 is 4.72 Å². The molecule has 0 amide bonds. The van der Waals surface area contributed by atoms with Crippen LogP contribution in [0.1, 0.15) is 37.0 Å². The third kappa shape index (κ3) is 3.11. The van der Waals surface area contributed by atoms with Crippen LogP contribution >= 0.6 is 0 Å². The molecule has 0 radical (unpaired) electrons. The van der Waals surface area contributed by atoms with Gasteiger partial charge in [0.05, 0.1) is 0 Å². The highest BCUT2D eigenvalue weighted by molar-refractivity contribution is 7.90. The number of aliphatic carboxylic acids is 1. The van der Waals surface area contributed by atoms with Crippen molar-refractivity contribution in [1.29, 1.82) is 0 Å². The molecule has 0 aromatic carbocycles. The van der Waals surface area contributed by atoms with Crippen LogP contribution in [0.3, 0.4) is 0 Å². The van der Waals surface area contributed by atoms with Crippen LogP contribution in [0.2, 0.25) is 0 Å². The Morgan fingerprint density at radius 3 is 2.33 bits per heavy atom. The molecule has 1 rings (SSSR count). The van der Waals surface area contributed by atoms with Crippen molar-refractivity contribution in [3.05, 3.63) is 23.2 Å². The van der Waals surface area contributed by atoms with Crippen LogP contribution in [0.4, 0.5) is 0 Å². The average Bonchev–Trinajstić information content (AvgIpc) is 2.55. The molecule has 2 N–H and O–H groups in total. The number of furan rings is 1. The van der Waals surface area contributed by atoms with Gasteiger partial charge in [0.1, 0.15) is 11.5 Å². The summed E-state index contributed by atoms with van der Waals surface area (Å²) in [7, 11) is -3.91. The number of nitrogens with one attached hydrogen (secondary N) is 1. The highest BCUT2D eigenvalue weighted by Gasteiger charge is 2.29. The lowest BCUT2D eigenvalue weighted by molar-refractivity contribution is -0.136. The summed E-state index contributed by atoms with van der Waals surface area (Å²) in [5.41, 5.74) is 0.702. The van der Waals surface area contributed by atoms with Gasteiger partial charge in [0, 0.05) is 11.6 Å². The van der Waals surface area contributed by atoms with E-state index < -0.39 is 27.3 Å². The quantitative estimate of drug-likeness (QED) is 0.845. The molecule has 102 valence electrons. The smallest absolute Gasteiger partial charge is 0.323 e. The molecule has 0 bridgehead atoms. The van der Waals surface area contributed by atoms with Crippen molar-refractivity contribution in [1.82, 2.24) is 4.72 Å². The Bertz CT molecular complexity index is 546. The van der Waals surface area contributed by atoms with Gasteiger partial charge in [0.25, 0.3) is 0 Å². The van der Waals surface area contributed by atoms with Crippen molar-refractivity contribution >= 4 is 16.0 Å². The largest absolute Gasteiger partial charge is 0.480 e. The third-order valence-corrected chi connectivity index (χ3v) is 4.51. The van der Waals surface area contributed by atoms with Gasteiger partial charge >= 0.3 is 5.97 Å². The minimum absolute atomic E-state index is 0.533. The Hall–Kier alpha value is -1.34. The van der Waals surface area contributed by atoms with Gasteiger partial charge in [0.2, 0.25) is 10.0 Å². The van der Waals surface area contributed by atoms with Crippen LogP contribution in [0, 0.1) is 13.8 Å². The Morgan fingerprint density at radius 1 is 1.39 bits per heavy atom. The van der Waals surface area contributed by atoms with Gasteiger partial charge in [-0.2, -0.15) is 0 Å². The SMILES string of the molecule is Cc1cc(C(C)NS(=O)(=O)C(C)C(=O)O)c(C)o1. The first-order valence-corrected chi connectivity index (χ1v) is 7.00. The molecule has 1 aromatic rings. The summed E-state index contributed by atoms with van der Waals surface area (Å²) in [6.07, 6.45) is 0. The number of rotatable bonds is 5. The molecular formula is C11H17NO5S. The van der Waals surface area contributed by atoms with E-state index in [-0.39, 0.29) is 0 Å². The van der Waals surface area contributed by atoms with E-state index in [1.54, 1.807) is 26.8 Å². The molecule has 1 aromatic heterocycles. The number of hydrogen-bond donors (Lipinski definition) is 2. The fourth-order valence-electron chi connectivity index (χ4n) is 1.63. The Morgan fingerprint density at radius 2 is 1.94 bits per heavy atom. The molecule has 2 atom stereocenters. The molecule has 1 heterocycles. The van der Waals surface area contributed by atoms with Crippen LogP contribution in [0.15, 0.2) is 10.5 Å². The fraction of sp³-hybridized carbons (Fsp3) is 0.545. The summed E-state index contributed by atoms with van der Waals surface area (Å²) in [5.74, 6) is -0.0831. The zero-order valence-corrected chi connectivity index (χ0v) is 11.5. The lowest BCUT2D eigenvalue weighted by atomic mass is 10.1. The van der Waals surface area contributed by atoms with E-state index in [2.05, 4.69) is 4.72 Å². The molecule has 2 unspecified atom stereocenters. The normalized spacial score (nSPS) is 15.3. The van der Waals surface area contributed by atoms with Crippen molar-refractivity contribution < 1.29 is 22.7 Å².